The first-order valence-electron chi connectivity index (χ1n) is 5.63. The normalized spacial score (nSPS) is 10.8. The summed E-state index contributed by atoms with van der Waals surface area (Å²) in [5.74, 6) is 0. The number of hydrogen-bond donors (Lipinski definition) is 0. The summed E-state index contributed by atoms with van der Waals surface area (Å²) in [7, 11) is 0. The molecule has 19 heavy (non-hydrogen) atoms. The molecule has 0 spiro atoms. The number of rotatable bonds is 1. The summed E-state index contributed by atoms with van der Waals surface area (Å²) in [5, 5.41) is 0.893. The molecule has 0 fully saturated rings. The van der Waals surface area contributed by atoms with Crippen molar-refractivity contribution in [2.45, 2.75) is 0 Å². The summed E-state index contributed by atoms with van der Waals surface area (Å²) >= 11 is 6.79. The highest BCUT2D eigenvalue weighted by molar-refractivity contribution is 9.11. The summed E-state index contributed by atoms with van der Waals surface area (Å²) in [6.45, 7) is 0. The van der Waals surface area contributed by atoms with Crippen molar-refractivity contribution in [2.75, 3.05) is 0 Å². The second-order valence-corrected chi connectivity index (χ2v) is 5.89. The summed E-state index contributed by atoms with van der Waals surface area (Å²) in [5.41, 5.74) is 1.64. The molecule has 94 valence electrons. The van der Waals surface area contributed by atoms with E-state index >= 15 is 0 Å². The molecule has 0 saturated carbocycles. The van der Waals surface area contributed by atoms with E-state index < -0.39 is 0 Å². The van der Waals surface area contributed by atoms with Crippen LogP contribution in [0.5, 0.6) is 0 Å². The molecular formula is C15H8Br2O2. The first-order valence-corrected chi connectivity index (χ1v) is 7.22. The Bertz CT molecular complexity index is 822. The fourth-order valence-electron chi connectivity index (χ4n) is 1.97. The van der Waals surface area contributed by atoms with E-state index in [1.54, 1.807) is 0 Å². The molecule has 3 aromatic rings. The smallest absolute Gasteiger partial charge is 0.344 e. The van der Waals surface area contributed by atoms with E-state index in [1.807, 2.05) is 48.5 Å². The molecule has 0 saturated heterocycles. The molecular weight excluding hydrogens is 372 g/mol. The zero-order valence-electron chi connectivity index (χ0n) is 9.69. The maximum atomic E-state index is 12.1. The minimum absolute atomic E-state index is 0.336. The van der Waals surface area contributed by atoms with Gasteiger partial charge in [0.1, 0.15) is 0 Å². The molecule has 0 aliphatic rings. The molecule has 0 atom stereocenters. The molecule has 1 aromatic heterocycles. The van der Waals surface area contributed by atoms with E-state index in [4.69, 9.17) is 4.42 Å². The standard InChI is InChI=1S/C15H8Br2O2/c16-11-5-1-3-9(7-11)12-8-10-4-2-6-13(17)14(10)19-15(12)18/h1-8H. The number of benzene rings is 2. The molecule has 0 aliphatic heterocycles. The van der Waals surface area contributed by atoms with Gasteiger partial charge in [-0.25, -0.2) is 4.79 Å². The average molecular weight is 380 g/mol. The molecule has 2 aromatic carbocycles. The number of halogens is 2. The van der Waals surface area contributed by atoms with E-state index in [9.17, 15) is 4.79 Å². The topological polar surface area (TPSA) is 30.2 Å². The van der Waals surface area contributed by atoms with Gasteiger partial charge >= 0.3 is 5.63 Å². The maximum absolute atomic E-state index is 12.1. The fraction of sp³-hybridized carbons (Fsp3) is 0. The van der Waals surface area contributed by atoms with Gasteiger partial charge in [0, 0.05) is 9.86 Å². The van der Waals surface area contributed by atoms with Crippen molar-refractivity contribution in [3.05, 3.63) is 67.9 Å². The molecule has 2 nitrogen and oxygen atoms in total. The van der Waals surface area contributed by atoms with Gasteiger partial charge in [0.15, 0.2) is 5.58 Å². The van der Waals surface area contributed by atoms with Crippen molar-refractivity contribution in [1.82, 2.24) is 0 Å². The lowest BCUT2D eigenvalue weighted by molar-refractivity contribution is 0.562. The van der Waals surface area contributed by atoms with Gasteiger partial charge < -0.3 is 4.42 Å². The van der Waals surface area contributed by atoms with E-state index in [1.165, 1.54) is 0 Å². The van der Waals surface area contributed by atoms with Gasteiger partial charge in [-0.15, -0.1) is 0 Å². The molecule has 3 rings (SSSR count). The lowest BCUT2D eigenvalue weighted by Gasteiger charge is -2.04. The molecule has 0 amide bonds. The lowest BCUT2D eigenvalue weighted by Crippen LogP contribution is -2.02. The van der Waals surface area contributed by atoms with Crippen LogP contribution in [0.15, 0.2) is 66.7 Å². The quantitative estimate of drug-likeness (QED) is 0.558. The third-order valence-corrected chi connectivity index (χ3v) is 3.97. The highest BCUT2D eigenvalue weighted by atomic mass is 79.9. The fourth-order valence-corrected chi connectivity index (χ4v) is 2.83. The molecule has 0 N–H and O–H groups in total. The Kier molecular flexibility index (Phi) is 3.29. The summed E-state index contributed by atoms with van der Waals surface area (Å²) < 4.78 is 7.11. The van der Waals surface area contributed by atoms with Crippen molar-refractivity contribution < 1.29 is 4.42 Å². The molecule has 4 heteroatoms. The third kappa shape index (κ3) is 2.38. The van der Waals surface area contributed by atoms with Crippen LogP contribution in [-0.4, -0.2) is 0 Å². The van der Waals surface area contributed by atoms with E-state index in [2.05, 4.69) is 31.9 Å². The zero-order chi connectivity index (χ0) is 13.4. The van der Waals surface area contributed by atoms with Crippen molar-refractivity contribution in [2.24, 2.45) is 0 Å². The zero-order valence-corrected chi connectivity index (χ0v) is 12.9. The van der Waals surface area contributed by atoms with Gasteiger partial charge in [0.05, 0.1) is 10.0 Å². The third-order valence-electron chi connectivity index (χ3n) is 2.85. The van der Waals surface area contributed by atoms with Crippen LogP contribution in [0.3, 0.4) is 0 Å². The first kappa shape index (κ1) is 12.6. The molecule has 0 unspecified atom stereocenters. The molecule has 0 radical (unpaired) electrons. The Morgan fingerprint density at radius 1 is 0.947 bits per heavy atom. The van der Waals surface area contributed by atoms with Gasteiger partial charge in [-0.3, -0.25) is 0 Å². The van der Waals surface area contributed by atoms with Crippen LogP contribution in [0, 0.1) is 0 Å². The van der Waals surface area contributed by atoms with Crippen LogP contribution in [0.2, 0.25) is 0 Å². The van der Waals surface area contributed by atoms with Crippen LogP contribution < -0.4 is 5.63 Å². The van der Waals surface area contributed by atoms with Gasteiger partial charge in [0.25, 0.3) is 0 Å². The molecule has 0 aliphatic carbocycles. The van der Waals surface area contributed by atoms with Crippen LogP contribution in [-0.2, 0) is 0 Å². The number of hydrogen-bond acceptors (Lipinski definition) is 2. The Balaban J connectivity index is 2.31. The minimum atomic E-state index is -0.336. The summed E-state index contributed by atoms with van der Waals surface area (Å²) in [6, 6.07) is 15.1. The van der Waals surface area contributed by atoms with Crippen molar-refractivity contribution >= 4 is 42.8 Å². The lowest BCUT2D eigenvalue weighted by atomic mass is 10.1. The first-order chi connectivity index (χ1) is 9.15. The predicted molar refractivity (Wildman–Crippen MR) is 83.3 cm³/mol. The van der Waals surface area contributed by atoms with Crippen LogP contribution in [0.25, 0.3) is 22.1 Å². The number of para-hydroxylation sites is 1. The molecule has 0 bridgehead atoms. The highest BCUT2D eigenvalue weighted by Crippen LogP contribution is 2.27. The van der Waals surface area contributed by atoms with Gasteiger partial charge in [-0.1, -0.05) is 40.2 Å². The Labute approximate surface area is 126 Å². The second-order valence-electron chi connectivity index (χ2n) is 4.12. The van der Waals surface area contributed by atoms with Crippen LogP contribution in [0.1, 0.15) is 0 Å². The van der Waals surface area contributed by atoms with Crippen molar-refractivity contribution in [3.8, 4) is 11.1 Å². The van der Waals surface area contributed by atoms with Crippen molar-refractivity contribution in [3.63, 3.8) is 0 Å². The summed E-state index contributed by atoms with van der Waals surface area (Å²) in [6.07, 6.45) is 0. The second kappa shape index (κ2) is 4.94. The Morgan fingerprint density at radius 2 is 1.74 bits per heavy atom. The molecule has 1 heterocycles. The minimum Gasteiger partial charge on any atom is -0.421 e. The van der Waals surface area contributed by atoms with Crippen LogP contribution >= 0.6 is 31.9 Å². The highest BCUT2D eigenvalue weighted by Gasteiger charge is 2.09. The van der Waals surface area contributed by atoms with E-state index in [-0.39, 0.29) is 5.63 Å². The van der Waals surface area contributed by atoms with Crippen molar-refractivity contribution in [1.29, 1.82) is 0 Å². The summed E-state index contributed by atoms with van der Waals surface area (Å²) in [4.78, 5) is 12.1. The monoisotopic (exact) mass is 378 g/mol. The Morgan fingerprint density at radius 3 is 2.53 bits per heavy atom. The average Bonchev–Trinajstić information content (AvgIpc) is 2.39. The predicted octanol–water partition coefficient (Wildman–Crippen LogP) is 4.99. The number of fused-ring (bicyclic) bond motifs is 1. The largest absolute Gasteiger partial charge is 0.421 e. The Hall–Kier alpha value is -1.39. The maximum Gasteiger partial charge on any atom is 0.344 e. The van der Waals surface area contributed by atoms with Gasteiger partial charge in [0.2, 0.25) is 0 Å². The van der Waals surface area contributed by atoms with Crippen LogP contribution in [0.4, 0.5) is 0 Å². The SMILES string of the molecule is O=c1oc2c(Br)cccc2cc1-c1cccc(Br)c1. The van der Waals surface area contributed by atoms with Gasteiger partial charge in [-0.05, 0) is 45.8 Å². The van der Waals surface area contributed by atoms with Gasteiger partial charge in [-0.2, -0.15) is 0 Å². The van der Waals surface area contributed by atoms with E-state index in [0.717, 1.165) is 19.9 Å². The van der Waals surface area contributed by atoms with E-state index in [0.29, 0.717) is 11.1 Å².